The summed E-state index contributed by atoms with van der Waals surface area (Å²) in [7, 11) is 0. The van der Waals surface area contributed by atoms with Gasteiger partial charge in [0.1, 0.15) is 11.1 Å². The van der Waals surface area contributed by atoms with E-state index in [1.54, 1.807) is 11.3 Å². The van der Waals surface area contributed by atoms with Gasteiger partial charge in [-0.15, -0.1) is 11.3 Å². The van der Waals surface area contributed by atoms with Gasteiger partial charge in [0.2, 0.25) is 0 Å². The standard InChI is InChI=1S/C15H16N2O2S/c1-9-5-6-10(2)17(9)14-13(11(3)12(4)20-14)15(18)19-8-7-16/h5-6H,8H2,1-4H3. The quantitative estimate of drug-likeness (QED) is 0.813. The second-order valence-electron chi connectivity index (χ2n) is 4.65. The molecule has 0 radical (unpaired) electrons. The van der Waals surface area contributed by atoms with Gasteiger partial charge in [0, 0.05) is 16.3 Å². The van der Waals surface area contributed by atoms with Crippen LogP contribution in [0.3, 0.4) is 0 Å². The Labute approximate surface area is 122 Å². The van der Waals surface area contributed by atoms with E-state index in [1.165, 1.54) is 0 Å². The molecule has 0 N–H and O–H groups in total. The Kier molecular flexibility index (Phi) is 3.96. The predicted molar refractivity (Wildman–Crippen MR) is 78.5 cm³/mol. The van der Waals surface area contributed by atoms with Crippen molar-refractivity contribution in [3.63, 3.8) is 0 Å². The lowest BCUT2D eigenvalue weighted by atomic mass is 10.1. The predicted octanol–water partition coefficient (Wildman–Crippen LogP) is 3.45. The van der Waals surface area contributed by atoms with Gasteiger partial charge in [0.15, 0.2) is 6.61 Å². The number of aromatic nitrogens is 1. The molecule has 5 heteroatoms. The zero-order valence-corrected chi connectivity index (χ0v) is 12.8. The van der Waals surface area contributed by atoms with Crippen molar-refractivity contribution < 1.29 is 9.53 Å². The number of nitrogens with zero attached hydrogens (tertiary/aromatic N) is 2. The Balaban J connectivity index is 2.58. The number of esters is 1. The van der Waals surface area contributed by atoms with Gasteiger partial charge in [-0.1, -0.05) is 0 Å². The number of hydrogen-bond donors (Lipinski definition) is 0. The van der Waals surface area contributed by atoms with Crippen LogP contribution < -0.4 is 0 Å². The zero-order chi connectivity index (χ0) is 14.9. The summed E-state index contributed by atoms with van der Waals surface area (Å²) in [5, 5.41) is 9.41. The summed E-state index contributed by atoms with van der Waals surface area (Å²) in [6.07, 6.45) is 0. The van der Waals surface area contributed by atoms with Gasteiger partial charge in [-0.25, -0.2) is 4.79 Å². The van der Waals surface area contributed by atoms with Crippen molar-refractivity contribution >= 4 is 17.3 Å². The smallest absolute Gasteiger partial charge is 0.342 e. The number of aryl methyl sites for hydroxylation is 3. The molecular formula is C15H16N2O2S. The second kappa shape index (κ2) is 5.51. The van der Waals surface area contributed by atoms with Gasteiger partial charge < -0.3 is 9.30 Å². The lowest BCUT2D eigenvalue weighted by Gasteiger charge is -2.10. The summed E-state index contributed by atoms with van der Waals surface area (Å²) in [6, 6.07) is 5.86. The van der Waals surface area contributed by atoms with E-state index in [4.69, 9.17) is 10.00 Å². The largest absolute Gasteiger partial charge is 0.447 e. The van der Waals surface area contributed by atoms with Crippen molar-refractivity contribution in [1.29, 1.82) is 5.26 Å². The van der Waals surface area contributed by atoms with Crippen molar-refractivity contribution in [2.24, 2.45) is 0 Å². The average Bonchev–Trinajstić information content (AvgIpc) is 2.88. The summed E-state index contributed by atoms with van der Waals surface area (Å²) in [6.45, 7) is 7.67. The van der Waals surface area contributed by atoms with Crippen LogP contribution in [-0.2, 0) is 4.74 Å². The van der Waals surface area contributed by atoms with Crippen molar-refractivity contribution in [1.82, 2.24) is 4.57 Å². The number of carbonyl (C=O) groups excluding carboxylic acids is 1. The first-order valence-electron chi connectivity index (χ1n) is 6.26. The number of nitriles is 1. The summed E-state index contributed by atoms with van der Waals surface area (Å²) in [5.41, 5.74) is 3.61. The molecule has 2 aromatic rings. The van der Waals surface area contributed by atoms with Crippen LogP contribution in [-0.4, -0.2) is 17.1 Å². The van der Waals surface area contributed by atoms with Gasteiger partial charge in [-0.3, -0.25) is 0 Å². The van der Waals surface area contributed by atoms with E-state index >= 15 is 0 Å². The fourth-order valence-electron chi connectivity index (χ4n) is 2.17. The molecule has 0 atom stereocenters. The number of ether oxygens (including phenoxy) is 1. The molecule has 0 spiro atoms. The third-order valence-electron chi connectivity index (χ3n) is 3.31. The minimum atomic E-state index is -0.434. The van der Waals surface area contributed by atoms with E-state index in [0.29, 0.717) is 5.56 Å². The van der Waals surface area contributed by atoms with Crippen LogP contribution in [0.2, 0.25) is 0 Å². The van der Waals surface area contributed by atoms with Gasteiger partial charge in [-0.05, 0) is 45.4 Å². The van der Waals surface area contributed by atoms with Crippen LogP contribution in [0.4, 0.5) is 0 Å². The van der Waals surface area contributed by atoms with Crippen LogP contribution in [0.25, 0.3) is 5.00 Å². The molecule has 2 rings (SSSR count). The van der Waals surface area contributed by atoms with Gasteiger partial charge in [-0.2, -0.15) is 5.26 Å². The van der Waals surface area contributed by atoms with Crippen molar-refractivity contribution in [3.05, 3.63) is 39.5 Å². The van der Waals surface area contributed by atoms with Crippen molar-refractivity contribution in [2.75, 3.05) is 6.61 Å². The van der Waals surface area contributed by atoms with E-state index in [0.717, 1.165) is 26.8 Å². The lowest BCUT2D eigenvalue weighted by molar-refractivity contribution is 0.0555. The third kappa shape index (κ3) is 2.35. The van der Waals surface area contributed by atoms with Crippen LogP contribution in [0.15, 0.2) is 12.1 Å². The van der Waals surface area contributed by atoms with Gasteiger partial charge >= 0.3 is 5.97 Å². The summed E-state index contributed by atoms with van der Waals surface area (Å²) < 4.78 is 7.03. The highest BCUT2D eigenvalue weighted by Gasteiger charge is 2.23. The van der Waals surface area contributed by atoms with Crippen molar-refractivity contribution in [3.8, 4) is 11.1 Å². The van der Waals surface area contributed by atoms with Gasteiger partial charge in [0.05, 0.1) is 5.56 Å². The molecular weight excluding hydrogens is 272 g/mol. The molecule has 0 aromatic carbocycles. The molecule has 0 unspecified atom stereocenters. The van der Waals surface area contributed by atoms with E-state index in [9.17, 15) is 4.79 Å². The molecule has 0 aliphatic heterocycles. The molecule has 4 nitrogen and oxygen atoms in total. The maximum absolute atomic E-state index is 12.2. The highest BCUT2D eigenvalue weighted by atomic mass is 32.1. The van der Waals surface area contributed by atoms with E-state index < -0.39 is 5.97 Å². The number of hydrogen-bond acceptors (Lipinski definition) is 4. The maximum Gasteiger partial charge on any atom is 0.342 e. The van der Waals surface area contributed by atoms with Crippen molar-refractivity contribution in [2.45, 2.75) is 27.7 Å². The van der Waals surface area contributed by atoms with Crippen LogP contribution in [0.5, 0.6) is 0 Å². The highest BCUT2D eigenvalue weighted by Crippen LogP contribution is 2.33. The zero-order valence-electron chi connectivity index (χ0n) is 12.0. The molecule has 0 aliphatic rings. The minimum Gasteiger partial charge on any atom is -0.447 e. The SMILES string of the molecule is Cc1sc(-n2c(C)ccc2C)c(C(=O)OCC#N)c1C. The Morgan fingerprint density at radius 3 is 2.45 bits per heavy atom. The topological polar surface area (TPSA) is 55.0 Å². The molecule has 20 heavy (non-hydrogen) atoms. The number of rotatable bonds is 3. The molecule has 0 saturated carbocycles. The molecule has 0 saturated heterocycles. The van der Waals surface area contributed by atoms with Crippen LogP contribution in [0, 0.1) is 39.0 Å². The third-order valence-corrected chi connectivity index (χ3v) is 4.51. The van der Waals surface area contributed by atoms with E-state index in [-0.39, 0.29) is 6.61 Å². The normalized spacial score (nSPS) is 10.3. The molecule has 104 valence electrons. The first-order valence-corrected chi connectivity index (χ1v) is 7.08. The van der Waals surface area contributed by atoms with Crippen LogP contribution in [0.1, 0.15) is 32.2 Å². The molecule has 2 heterocycles. The van der Waals surface area contributed by atoms with Crippen LogP contribution >= 0.6 is 11.3 Å². The molecule has 0 amide bonds. The maximum atomic E-state index is 12.2. The lowest BCUT2D eigenvalue weighted by Crippen LogP contribution is -2.10. The van der Waals surface area contributed by atoms with E-state index in [1.807, 2.05) is 50.5 Å². The fourth-order valence-corrected chi connectivity index (χ4v) is 3.43. The molecule has 0 bridgehead atoms. The second-order valence-corrected chi connectivity index (χ2v) is 5.85. The number of carbonyl (C=O) groups is 1. The Morgan fingerprint density at radius 2 is 1.90 bits per heavy atom. The Morgan fingerprint density at radius 1 is 1.30 bits per heavy atom. The summed E-state index contributed by atoms with van der Waals surface area (Å²) in [5.74, 6) is -0.434. The Bertz CT molecular complexity index is 685. The first-order chi connectivity index (χ1) is 9.47. The minimum absolute atomic E-state index is 0.226. The Hall–Kier alpha value is -2.06. The summed E-state index contributed by atoms with van der Waals surface area (Å²) >= 11 is 1.57. The molecule has 0 fully saturated rings. The molecule has 0 aliphatic carbocycles. The monoisotopic (exact) mass is 288 g/mol. The molecule has 2 aromatic heterocycles. The average molecular weight is 288 g/mol. The number of thiophene rings is 1. The van der Waals surface area contributed by atoms with E-state index in [2.05, 4.69) is 0 Å². The summed E-state index contributed by atoms with van der Waals surface area (Å²) in [4.78, 5) is 13.3. The fraction of sp³-hybridized carbons (Fsp3) is 0.333. The van der Waals surface area contributed by atoms with Gasteiger partial charge in [0.25, 0.3) is 0 Å². The first kappa shape index (κ1) is 14.4. The highest BCUT2D eigenvalue weighted by molar-refractivity contribution is 7.15.